The third-order valence-electron chi connectivity index (χ3n) is 16.2. The van der Waals surface area contributed by atoms with Gasteiger partial charge in [-0.25, -0.2) is 9.13 Å². The quantitative estimate of drug-likeness (QED) is 0.0169. The molecule has 0 spiro atoms. The smallest absolute Gasteiger partial charge is 0.462 e. The standard InChI is InChI=1S/C81H140O17P2/c1-5-9-13-17-21-25-29-32-34-36-37-39-41-44-47-50-54-58-62-66-78(83)91-71-76(97-80(85)67-63-59-55-51-45-28-24-20-16-12-8-4)73-95-99(87,88)93-69-75(82)70-94-100(89,90)96-74-77(98-81(86)68-64-60-56-52-48-42-31-27-23-19-15-11-7-3)72-92-79(84)65-61-57-53-49-46-43-40-38-35-33-30-26-22-18-14-10-6-2/h9-10,13-14,21-22,25-27,31-35,37,39-40,43,75-77,82H,5-8,11-12,15-20,23-24,28-30,36,38,41-42,44-74H2,1-4H3,(H,87,88)(H,89,90)/b13-9-,14-10-,25-21-,26-22-,31-27-,34-32-,35-33-,39-37-,43-40-. The van der Waals surface area contributed by atoms with Gasteiger partial charge in [-0.3, -0.25) is 37.3 Å². The Kier molecular flexibility index (Phi) is 69.9. The van der Waals surface area contributed by atoms with E-state index in [1.54, 1.807) is 0 Å². The number of ether oxygens (including phenoxy) is 4. The summed E-state index contributed by atoms with van der Waals surface area (Å²) in [5.41, 5.74) is 0. The van der Waals surface area contributed by atoms with Crippen LogP contribution in [0.2, 0.25) is 0 Å². The first-order valence-electron chi connectivity index (χ1n) is 39.1. The zero-order valence-corrected chi connectivity index (χ0v) is 64.6. The molecule has 0 rings (SSSR count). The van der Waals surface area contributed by atoms with Crippen molar-refractivity contribution in [1.29, 1.82) is 0 Å². The van der Waals surface area contributed by atoms with Crippen LogP contribution in [0.1, 0.15) is 323 Å². The summed E-state index contributed by atoms with van der Waals surface area (Å²) in [6.07, 6.45) is 77.9. The lowest BCUT2D eigenvalue weighted by molar-refractivity contribution is -0.161. The van der Waals surface area contributed by atoms with Gasteiger partial charge in [0.25, 0.3) is 0 Å². The van der Waals surface area contributed by atoms with E-state index < -0.39 is 97.5 Å². The van der Waals surface area contributed by atoms with Gasteiger partial charge in [-0.05, 0) is 128 Å². The van der Waals surface area contributed by atoms with Crippen molar-refractivity contribution in [3.63, 3.8) is 0 Å². The van der Waals surface area contributed by atoms with Gasteiger partial charge in [-0.2, -0.15) is 0 Å². The van der Waals surface area contributed by atoms with Crippen LogP contribution in [0.4, 0.5) is 0 Å². The van der Waals surface area contributed by atoms with Gasteiger partial charge in [-0.1, -0.05) is 278 Å². The molecule has 0 aliphatic rings. The molecule has 0 aromatic carbocycles. The second kappa shape index (κ2) is 73.0. The minimum Gasteiger partial charge on any atom is -0.462 e. The van der Waals surface area contributed by atoms with E-state index in [-0.39, 0.29) is 25.7 Å². The van der Waals surface area contributed by atoms with E-state index in [0.29, 0.717) is 25.7 Å². The number of carbonyl (C=O) groups is 4. The van der Waals surface area contributed by atoms with E-state index in [2.05, 4.69) is 137 Å². The van der Waals surface area contributed by atoms with Gasteiger partial charge in [0.2, 0.25) is 0 Å². The molecule has 0 saturated carbocycles. The Balaban J connectivity index is 5.32. The predicted octanol–water partition coefficient (Wildman–Crippen LogP) is 22.6. The molecule has 100 heavy (non-hydrogen) atoms. The van der Waals surface area contributed by atoms with Gasteiger partial charge in [-0.15, -0.1) is 0 Å². The highest BCUT2D eigenvalue weighted by molar-refractivity contribution is 7.47. The number of phosphoric acid groups is 2. The second-order valence-corrected chi connectivity index (χ2v) is 28.8. The number of hydrogen-bond donors (Lipinski definition) is 3. The zero-order valence-electron chi connectivity index (χ0n) is 62.8. The summed E-state index contributed by atoms with van der Waals surface area (Å²) < 4.78 is 68.5. The maximum absolute atomic E-state index is 13.1. The van der Waals surface area contributed by atoms with Crippen LogP contribution >= 0.6 is 15.6 Å². The summed E-state index contributed by atoms with van der Waals surface area (Å²) in [5, 5.41) is 10.6. The minimum atomic E-state index is -4.98. The molecule has 0 saturated heterocycles. The molecule has 19 heteroatoms. The van der Waals surface area contributed by atoms with Crippen LogP contribution in [-0.4, -0.2) is 96.7 Å². The maximum Gasteiger partial charge on any atom is 0.472 e. The molecule has 5 atom stereocenters. The minimum absolute atomic E-state index is 0.0789. The average Bonchev–Trinajstić information content (AvgIpc) is 1.02. The number of carbonyl (C=O) groups excluding carboxylic acids is 4. The highest BCUT2D eigenvalue weighted by atomic mass is 31.2. The summed E-state index contributed by atoms with van der Waals surface area (Å²) >= 11 is 0. The molecule has 0 aromatic rings. The molecule has 0 bridgehead atoms. The molecule has 0 aliphatic heterocycles. The van der Waals surface area contributed by atoms with Crippen molar-refractivity contribution in [3.05, 3.63) is 109 Å². The Morgan fingerprint density at radius 1 is 0.290 bits per heavy atom. The first-order valence-corrected chi connectivity index (χ1v) is 42.1. The third kappa shape index (κ3) is 72.1. The Hall–Kier alpha value is -4.28. The van der Waals surface area contributed by atoms with Crippen LogP contribution in [0.5, 0.6) is 0 Å². The van der Waals surface area contributed by atoms with E-state index in [9.17, 15) is 43.2 Å². The molecule has 0 amide bonds. The lowest BCUT2D eigenvalue weighted by Crippen LogP contribution is -2.30. The second-order valence-electron chi connectivity index (χ2n) is 25.9. The van der Waals surface area contributed by atoms with Crippen molar-refractivity contribution in [2.75, 3.05) is 39.6 Å². The van der Waals surface area contributed by atoms with Crippen LogP contribution in [0, 0.1) is 0 Å². The van der Waals surface area contributed by atoms with Crippen LogP contribution in [0.25, 0.3) is 0 Å². The molecule has 0 radical (unpaired) electrons. The number of hydrogen-bond acceptors (Lipinski definition) is 15. The molecule has 0 heterocycles. The predicted molar refractivity (Wildman–Crippen MR) is 408 cm³/mol. The van der Waals surface area contributed by atoms with E-state index in [1.165, 1.54) is 64.2 Å². The fourth-order valence-corrected chi connectivity index (χ4v) is 11.9. The molecule has 576 valence electrons. The van der Waals surface area contributed by atoms with Crippen molar-refractivity contribution >= 4 is 39.5 Å². The summed E-state index contributed by atoms with van der Waals surface area (Å²) in [7, 11) is -9.96. The highest BCUT2D eigenvalue weighted by Crippen LogP contribution is 2.45. The van der Waals surface area contributed by atoms with Gasteiger partial charge in [0, 0.05) is 25.7 Å². The molecule has 5 unspecified atom stereocenters. The van der Waals surface area contributed by atoms with Crippen molar-refractivity contribution in [2.24, 2.45) is 0 Å². The lowest BCUT2D eigenvalue weighted by atomic mass is 10.1. The van der Waals surface area contributed by atoms with Crippen LogP contribution in [-0.2, 0) is 65.4 Å². The maximum atomic E-state index is 13.1. The SMILES string of the molecule is CC/C=C\C/C=C\C/C=C\C/C=C\CCCCCCCCC(=O)OCC(COP(=O)(O)OCC(O)COP(=O)(O)OCC(COC(=O)CCCCCC/C=C\C/C=C\C/C=C\C/C=C\CC)OC(=O)CCCCCCC/C=C\CCCCCC)OC(=O)CCCCCCCCCCCCC. The molecule has 0 aromatic heterocycles. The van der Waals surface area contributed by atoms with E-state index in [4.69, 9.17) is 37.0 Å². The largest absolute Gasteiger partial charge is 0.472 e. The summed E-state index contributed by atoms with van der Waals surface area (Å²) in [5.74, 6) is -2.21. The van der Waals surface area contributed by atoms with E-state index >= 15 is 0 Å². The van der Waals surface area contributed by atoms with E-state index in [1.807, 2.05) is 0 Å². The molecule has 17 nitrogen and oxygen atoms in total. The normalized spacial score (nSPS) is 14.5. The fourth-order valence-electron chi connectivity index (χ4n) is 10.3. The monoisotopic (exact) mass is 1450 g/mol. The average molecular weight is 1450 g/mol. The van der Waals surface area contributed by atoms with Crippen molar-refractivity contribution in [2.45, 2.75) is 341 Å². The Labute approximate surface area is 607 Å². The summed E-state index contributed by atoms with van der Waals surface area (Å²) in [4.78, 5) is 72.9. The van der Waals surface area contributed by atoms with Crippen LogP contribution in [0.3, 0.4) is 0 Å². The van der Waals surface area contributed by atoms with Gasteiger partial charge in [0.1, 0.15) is 19.3 Å². The van der Waals surface area contributed by atoms with Crippen LogP contribution < -0.4 is 0 Å². The third-order valence-corrected chi connectivity index (χ3v) is 18.1. The fraction of sp³-hybridized carbons (Fsp3) is 0.728. The molecule has 3 N–H and O–H groups in total. The van der Waals surface area contributed by atoms with Crippen molar-refractivity contribution < 1.29 is 80.2 Å². The van der Waals surface area contributed by atoms with Gasteiger partial charge < -0.3 is 33.8 Å². The number of rotatable bonds is 73. The Morgan fingerprint density at radius 2 is 0.520 bits per heavy atom. The zero-order chi connectivity index (χ0) is 73.2. The number of unbranched alkanes of at least 4 members (excludes halogenated alkanes) is 29. The first-order chi connectivity index (χ1) is 48.7. The molecular formula is C81H140O17P2. The van der Waals surface area contributed by atoms with Gasteiger partial charge in [0.05, 0.1) is 26.4 Å². The van der Waals surface area contributed by atoms with Crippen molar-refractivity contribution in [1.82, 2.24) is 0 Å². The Morgan fingerprint density at radius 3 is 0.820 bits per heavy atom. The number of esters is 4. The number of aliphatic hydroxyl groups excluding tert-OH is 1. The van der Waals surface area contributed by atoms with Gasteiger partial charge >= 0.3 is 39.5 Å². The summed E-state index contributed by atoms with van der Waals surface area (Å²) in [6, 6.07) is 0. The van der Waals surface area contributed by atoms with Crippen molar-refractivity contribution in [3.8, 4) is 0 Å². The highest BCUT2D eigenvalue weighted by Gasteiger charge is 2.30. The number of aliphatic hydroxyl groups is 1. The number of phosphoric ester groups is 2. The van der Waals surface area contributed by atoms with Crippen LogP contribution in [0.15, 0.2) is 109 Å². The first kappa shape index (κ1) is 95.7. The molecule has 0 fully saturated rings. The Bertz CT molecular complexity index is 2320. The topological polar surface area (TPSA) is 237 Å². The molecule has 0 aliphatic carbocycles. The van der Waals surface area contributed by atoms with E-state index in [0.717, 1.165) is 180 Å². The lowest BCUT2D eigenvalue weighted by Gasteiger charge is -2.21. The molecular weight excluding hydrogens is 1310 g/mol. The van der Waals surface area contributed by atoms with Gasteiger partial charge in [0.15, 0.2) is 12.2 Å². The summed E-state index contributed by atoms with van der Waals surface area (Å²) in [6.45, 7) is 4.59. The number of allylic oxidation sites excluding steroid dienone is 18.